The Labute approximate surface area is 163 Å². The van der Waals surface area contributed by atoms with Crippen molar-refractivity contribution in [2.75, 3.05) is 28.6 Å². The molecule has 3 aromatic rings. The second kappa shape index (κ2) is 8.94. The summed E-state index contributed by atoms with van der Waals surface area (Å²) in [6.45, 7) is 6.17. The van der Waals surface area contributed by atoms with Crippen LogP contribution in [0.5, 0.6) is 0 Å². The van der Waals surface area contributed by atoms with E-state index in [2.05, 4.69) is 51.7 Å². The maximum absolute atomic E-state index is 12.9. The van der Waals surface area contributed by atoms with Gasteiger partial charge in [-0.3, -0.25) is 4.79 Å². The Hall–Kier alpha value is -3.48. The van der Waals surface area contributed by atoms with Crippen LogP contribution in [0.15, 0.2) is 60.7 Å². The lowest BCUT2D eigenvalue weighted by Gasteiger charge is -2.21. The SMILES string of the molecule is CCN(CC)c1ccc(Nc2ccc(NC(=O)c3ccc(F)cc3)nn2)cc1. The van der Waals surface area contributed by atoms with Gasteiger partial charge in [0.25, 0.3) is 5.91 Å². The topological polar surface area (TPSA) is 70.2 Å². The van der Waals surface area contributed by atoms with E-state index in [4.69, 9.17) is 0 Å². The fourth-order valence-electron chi connectivity index (χ4n) is 2.75. The van der Waals surface area contributed by atoms with Gasteiger partial charge in [-0.2, -0.15) is 0 Å². The fraction of sp³-hybridized carbons (Fsp3) is 0.190. The van der Waals surface area contributed by atoms with Crippen molar-refractivity contribution in [2.45, 2.75) is 13.8 Å². The highest BCUT2D eigenvalue weighted by atomic mass is 19.1. The first-order valence-electron chi connectivity index (χ1n) is 9.11. The number of halogens is 1. The van der Waals surface area contributed by atoms with Crippen molar-refractivity contribution in [2.24, 2.45) is 0 Å². The summed E-state index contributed by atoms with van der Waals surface area (Å²) in [6.07, 6.45) is 0. The number of nitrogens with zero attached hydrogens (tertiary/aromatic N) is 3. The Kier molecular flexibility index (Phi) is 6.16. The van der Waals surface area contributed by atoms with Gasteiger partial charge in [0.05, 0.1) is 0 Å². The monoisotopic (exact) mass is 379 g/mol. The Balaban J connectivity index is 1.61. The van der Waals surface area contributed by atoms with E-state index in [1.54, 1.807) is 12.1 Å². The molecule has 1 heterocycles. The number of carbonyl (C=O) groups is 1. The summed E-state index contributed by atoms with van der Waals surface area (Å²) in [5.41, 5.74) is 2.41. The van der Waals surface area contributed by atoms with E-state index in [1.165, 1.54) is 30.0 Å². The molecule has 0 spiro atoms. The lowest BCUT2D eigenvalue weighted by molar-refractivity contribution is 0.102. The molecule has 0 aliphatic carbocycles. The molecule has 0 aliphatic heterocycles. The zero-order chi connectivity index (χ0) is 19.9. The molecule has 3 rings (SSSR count). The minimum Gasteiger partial charge on any atom is -0.372 e. The highest BCUT2D eigenvalue weighted by molar-refractivity contribution is 6.03. The van der Waals surface area contributed by atoms with Gasteiger partial charge in [-0.25, -0.2) is 4.39 Å². The van der Waals surface area contributed by atoms with Crippen molar-refractivity contribution in [1.82, 2.24) is 10.2 Å². The van der Waals surface area contributed by atoms with Gasteiger partial charge in [0.1, 0.15) is 5.82 Å². The first kappa shape index (κ1) is 19.3. The molecular weight excluding hydrogens is 357 g/mol. The van der Waals surface area contributed by atoms with Gasteiger partial charge in [-0.15, -0.1) is 10.2 Å². The zero-order valence-electron chi connectivity index (χ0n) is 15.8. The lowest BCUT2D eigenvalue weighted by atomic mass is 10.2. The molecule has 2 aromatic carbocycles. The van der Waals surface area contributed by atoms with E-state index in [0.717, 1.165) is 18.8 Å². The molecule has 0 aliphatic rings. The van der Waals surface area contributed by atoms with Gasteiger partial charge in [-0.05, 0) is 74.5 Å². The minimum atomic E-state index is -0.392. The van der Waals surface area contributed by atoms with Crippen LogP contribution in [-0.2, 0) is 0 Å². The van der Waals surface area contributed by atoms with Crippen molar-refractivity contribution in [3.05, 3.63) is 72.0 Å². The summed E-state index contributed by atoms with van der Waals surface area (Å²) in [5, 5.41) is 13.9. The zero-order valence-corrected chi connectivity index (χ0v) is 15.8. The van der Waals surface area contributed by atoms with Gasteiger partial charge in [0.2, 0.25) is 0 Å². The average Bonchev–Trinajstić information content (AvgIpc) is 2.72. The second-order valence-electron chi connectivity index (χ2n) is 6.11. The average molecular weight is 379 g/mol. The van der Waals surface area contributed by atoms with Gasteiger partial charge in [-0.1, -0.05) is 0 Å². The van der Waals surface area contributed by atoms with Crippen molar-refractivity contribution in [3.63, 3.8) is 0 Å². The van der Waals surface area contributed by atoms with Crippen molar-refractivity contribution >= 4 is 28.9 Å². The van der Waals surface area contributed by atoms with E-state index in [-0.39, 0.29) is 5.91 Å². The van der Waals surface area contributed by atoms with Crippen LogP contribution in [0.1, 0.15) is 24.2 Å². The summed E-state index contributed by atoms with van der Waals surface area (Å²) in [6, 6.07) is 16.8. The van der Waals surface area contributed by atoms with Gasteiger partial charge >= 0.3 is 0 Å². The highest BCUT2D eigenvalue weighted by Gasteiger charge is 2.08. The van der Waals surface area contributed by atoms with Crippen molar-refractivity contribution in [1.29, 1.82) is 0 Å². The van der Waals surface area contributed by atoms with E-state index < -0.39 is 5.82 Å². The predicted molar refractivity (Wildman–Crippen MR) is 110 cm³/mol. The maximum Gasteiger partial charge on any atom is 0.256 e. The van der Waals surface area contributed by atoms with E-state index in [9.17, 15) is 9.18 Å². The summed E-state index contributed by atoms with van der Waals surface area (Å²) in [4.78, 5) is 14.4. The number of anilines is 4. The molecule has 144 valence electrons. The van der Waals surface area contributed by atoms with Crippen LogP contribution >= 0.6 is 0 Å². The fourth-order valence-corrected chi connectivity index (χ4v) is 2.75. The molecule has 0 saturated heterocycles. The van der Waals surface area contributed by atoms with E-state index >= 15 is 0 Å². The van der Waals surface area contributed by atoms with Crippen LogP contribution < -0.4 is 15.5 Å². The molecule has 0 atom stereocenters. The number of hydrogen-bond donors (Lipinski definition) is 2. The molecule has 1 aromatic heterocycles. The van der Waals surface area contributed by atoms with Crippen LogP contribution in [0.4, 0.5) is 27.4 Å². The highest BCUT2D eigenvalue weighted by Crippen LogP contribution is 2.20. The van der Waals surface area contributed by atoms with Gasteiger partial charge in [0, 0.05) is 30.0 Å². The van der Waals surface area contributed by atoms with Gasteiger partial charge < -0.3 is 15.5 Å². The third kappa shape index (κ3) is 4.82. The minimum absolute atomic E-state index is 0.316. The Bertz CT molecular complexity index is 907. The number of rotatable bonds is 7. The Morgan fingerprint density at radius 3 is 2.07 bits per heavy atom. The summed E-state index contributed by atoms with van der Waals surface area (Å²) in [5.74, 6) is 0.117. The number of hydrogen-bond acceptors (Lipinski definition) is 5. The third-order valence-electron chi connectivity index (χ3n) is 4.28. The van der Waals surface area contributed by atoms with Crippen molar-refractivity contribution < 1.29 is 9.18 Å². The predicted octanol–water partition coefficient (Wildman–Crippen LogP) is 4.46. The number of aromatic nitrogens is 2. The molecule has 0 saturated carbocycles. The molecule has 0 unspecified atom stereocenters. The molecule has 0 fully saturated rings. The van der Waals surface area contributed by atoms with Crippen LogP contribution in [0.3, 0.4) is 0 Å². The first-order chi connectivity index (χ1) is 13.6. The molecule has 2 N–H and O–H groups in total. The standard InChI is InChI=1S/C21H22FN5O/c1-3-27(4-2)18-11-9-17(10-12-18)23-19-13-14-20(26-25-19)24-21(28)15-5-7-16(22)8-6-15/h5-14H,3-4H2,1-2H3,(H,23,25)(H,24,26,28). The second-order valence-corrected chi connectivity index (χ2v) is 6.11. The van der Waals surface area contributed by atoms with Crippen LogP contribution in [0.2, 0.25) is 0 Å². The Morgan fingerprint density at radius 2 is 1.50 bits per heavy atom. The molecule has 7 heteroatoms. The molecular formula is C21H22FN5O. The summed E-state index contributed by atoms with van der Waals surface area (Å²) < 4.78 is 12.9. The number of carbonyl (C=O) groups excluding carboxylic acids is 1. The number of benzene rings is 2. The quantitative estimate of drug-likeness (QED) is 0.634. The van der Waals surface area contributed by atoms with Gasteiger partial charge in [0.15, 0.2) is 11.6 Å². The molecule has 28 heavy (non-hydrogen) atoms. The normalized spacial score (nSPS) is 10.4. The van der Waals surface area contributed by atoms with Crippen LogP contribution in [0, 0.1) is 5.82 Å². The molecule has 6 nitrogen and oxygen atoms in total. The van der Waals surface area contributed by atoms with E-state index in [0.29, 0.717) is 17.2 Å². The number of nitrogens with one attached hydrogen (secondary N) is 2. The van der Waals surface area contributed by atoms with Crippen molar-refractivity contribution in [3.8, 4) is 0 Å². The summed E-state index contributed by atoms with van der Waals surface area (Å²) in [7, 11) is 0. The third-order valence-corrected chi connectivity index (χ3v) is 4.28. The van der Waals surface area contributed by atoms with Crippen LogP contribution in [0.25, 0.3) is 0 Å². The smallest absolute Gasteiger partial charge is 0.256 e. The molecule has 0 bridgehead atoms. The van der Waals surface area contributed by atoms with E-state index in [1.807, 2.05) is 12.1 Å². The Morgan fingerprint density at radius 1 is 0.893 bits per heavy atom. The maximum atomic E-state index is 12.9. The first-order valence-corrected chi connectivity index (χ1v) is 9.11. The molecule has 1 amide bonds. The lowest BCUT2D eigenvalue weighted by Crippen LogP contribution is -2.21. The van der Waals surface area contributed by atoms with Crippen LogP contribution in [-0.4, -0.2) is 29.2 Å². The largest absolute Gasteiger partial charge is 0.372 e. The number of amides is 1. The molecule has 0 radical (unpaired) electrons. The summed E-state index contributed by atoms with van der Waals surface area (Å²) >= 11 is 0.